The van der Waals surface area contributed by atoms with Crippen LogP contribution in [0.15, 0.2) is 23.8 Å². The topological polar surface area (TPSA) is 0 Å². The molecule has 0 radical (unpaired) electrons. The lowest BCUT2D eigenvalue weighted by atomic mass is 9.50. The van der Waals surface area contributed by atoms with Gasteiger partial charge in [0.05, 0.1) is 0 Å². The molecule has 156 valence electrons. The second-order valence-electron chi connectivity index (χ2n) is 11.4. The minimum atomic E-state index is 0.418. The molecule has 6 rings (SSSR count). The Bertz CT molecular complexity index is 715. The molecule has 0 amide bonds. The van der Waals surface area contributed by atoms with E-state index in [2.05, 4.69) is 107 Å². The number of rotatable bonds is 2. The Morgan fingerprint density at radius 3 is 2.39 bits per heavy atom. The maximum atomic E-state index is 2.94. The summed E-state index contributed by atoms with van der Waals surface area (Å²) in [6.07, 6.45) is 21.0. The van der Waals surface area contributed by atoms with Crippen molar-refractivity contribution in [3.63, 3.8) is 0 Å². The van der Waals surface area contributed by atoms with Crippen LogP contribution in [0.2, 0.25) is 0 Å². The molecule has 3 heteroatoms. The van der Waals surface area contributed by atoms with Crippen LogP contribution in [0.25, 0.3) is 0 Å². The fourth-order valence-corrected chi connectivity index (χ4v) is 12.1. The first kappa shape index (κ1) is 21.5. The lowest BCUT2D eigenvalue weighted by Crippen LogP contribution is -2.58. The Morgan fingerprint density at radius 1 is 0.964 bits per heavy atom. The van der Waals surface area contributed by atoms with Gasteiger partial charge in [0.25, 0.3) is 0 Å². The predicted molar refractivity (Wildman–Crippen MR) is 146 cm³/mol. The van der Waals surface area contributed by atoms with Crippen LogP contribution in [0.3, 0.4) is 0 Å². The summed E-state index contributed by atoms with van der Waals surface area (Å²) in [5.74, 6) is 4.18. The zero-order valence-corrected chi connectivity index (χ0v) is 24.1. The van der Waals surface area contributed by atoms with Crippen molar-refractivity contribution in [3.05, 3.63) is 23.8 Å². The van der Waals surface area contributed by atoms with Crippen molar-refractivity contribution in [2.45, 2.75) is 88.8 Å². The summed E-state index contributed by atoms with van der Waals surface area (Å²) in [6, 6.07) is 0. The maximum absolute atomic E-state index is 2.94. The first-order valence-electron chi connectivity index (χ1n) is 11.5. The van der Waals surface area contributed by atoms with Crippen LogP contribution in [0.1, 0.15) is 78.6 Å². The molecule has 0 aliphatic heterocycles. The van der Waals surface area contributed by atoms with E-state index in [9.17, 15) is 0 Å². The Labute approximate surface area is 213 Å². The van der Waals surface area contributed by atoms with Crippen LogP contribution >= 0.6 is 67.8 Å². The Balaban J connectivity index is 1.50. The molecule has 0 aromatic rings. The number of hydrogen-bond acceptors (Lipinski definition) is 0. The third-order valence-corrected chi connectivity index (χ3v) is 13.3. The molecule has 0 nitrogen and oxygen atoms in total. The molecule has 0 aromatic heterocycles. The van der Waals surface area contributed by atoms with Crippen LogP contribution in [-0.2, 0) is 0 Å². The van der Waals surface area contributed by atoms with Gasteiger partial charge in [0.1, 0.15) is 0 Å². The lowest BCUT2D eigenvalue weighted by Gasteiger charge is -2.60. The van der Waals surface area contributed by atoms with Gasteiger partial charge in [0.2, 0.25) is 0 Å². The summed E-state index contributed by atoms with van der Waals surface area (Å²) in [5, 5.41) is 0. The van der Waals surface area contributed by atoms with E-state index in [1.807, 2.05) is 5.57 Å². The number of halogens is 3. The third-order valence-electron chi connectivity index (χ3n) is 9.44. The van der Waals surface area contributed by atoms with Gasteiger partial charge in [-0.2, -0.15) is 0 Å². The fraction of sp³-hybridized carbons (Fsp3) is 0.840. The zero-order chi connectivity index (χ0) is 19.9. The smallest absolute Gasteiger partial charge is 0.0302 e. The van der Waals surface area contributed by atoms with Crippen LogP contribution in [-0.4, -0.2) is 10.3 Å². The van der Waals surface area contributed by atoms with E-state index in [4.69, 9.17) is 0 Å². The summed E-state index contributed by atoms with van der Waals surface area (Å²) >= 11 is 8.58. The second-order valence-corrected chi connectivity index (χ2v) is 18.7. The van der Waals surface area contributed by atoms with Crippen molar-refractivity contribution in [1.29, 1.82) is 0 Å². The van der Waals surface area contributed by atoms with E-state index in [0.717, 1.165) is 29.6 Å². The van der Waals surface area contributed by atoms with Gasteiger partial charge >= 0.3 is 0 Å². The van der Waals surface area contributed by atoms with Crippen LogP contribution in [0.5, 0.6) is 0 Å². The highest BCUT2D eigenvalue weighted by Gasteiger charge is 2.67. The normalized spacial score (nSPS) is 58.1. The Hall–Kier alpha value is 1.67. The van der Waals surface area contributed by atoms with Crippen molar-refractivity contribution in [3.8, 4) is 0 Å². The van der Waals surface area contributed by atoms with Gasteiger partial charge in [-0.25, -0.2) is 0 Å². The van der Waals surface area contributed by atoms with Gasteiger partial charge in [0, 0.05) is 15.7 Å². The molecule has 3 fully saturated rings. The van der Waals surface area contributed by atoms with Gasteiger partial charge < -0.3 is 0 Å². The molecular formula is C25H35I3. The van der Waals surface area contributed by atoms with Crippen LogP contribution < -0.4 is 0 Å². The predicted octanol–water partition coefficient (Wildman–Crippen LogP) is 8.70. The SMILES string of the molecule is CC1(I)CCCCC(C2=CC3CC2C(C)(I)C3C23C=CC(CC2)CC3(C)I)C1. The van der Waals surface area contributed by atoms with E-state index in [0.29, 0.717) is 15.7 Å². The van der Waals surface area contributed by atoms with E-state index in [1.54, 1.807) is 0 Å². The largest absolute Gasteiger partial charge is 0.0848 e. The van der Waals surface area contributed by atoms with Gasteiger partial charge in [-0.05, 0) is 88.4 Å². The number of fused-ring (bicyclic) bond motifs is 4. The first-order chi connectivity index (χ1) is 13.1. The van der Waals surface area contributed by atoms with E-state index < -0.39 is 0 Å². The highest BCUT2D eigenvalue weighted by molar-refractivity contribution is 14.1. The van der Waals surface area contributed by atoms with E-state index in [-0.39, 0.29) is 0 Å². The molecule has 6 aliphatic rings. The third kappa shape index (κ3) is 3.18. The van der Waals surface area contributed by atoms with Crippen LogP contribution in [0.4, 0.5) is 0 Å². The molecule has 9 atom stereocenters. The summed E-state index contributed by atoms with van der Waals surface area (Å²) in [4.78, 5) is 0. The highest BCUT2D eigenvalue weighted by atomic mass is 127. The Kier molecular flexibility index (Phi) is 5.44. The zero-order valence-electron chi connectivity index (χ0n) is 17.6. The van der Waals surface area contributed by atoms with E-state index >= 15 is 0 Å². The molecule has 0 saturated heterocycles. The maximum Gasteiger partial charge on any atom is 0.0302 e. The molecule has 4 bridgehead atoms. The number of alkyl halides is 3. The van der Waals surface area contributed by atoms with Crippen molar-refractivity contribution >= 4 is 67.8 Å². The summed E-state index contributed by atoms with van der Waals surface area (Å²) in [7, 11) is 0. The fourth-order valence-electron chi connectivity index (χ4n) is 8.24. The van der Waals surface area contributed by atoms with Crippen molar-refractivity contribution in [2.75, 3.05) is 0 Å². The van der Waals surface area contributed by atoms with Crippen LogP contribution in [0, 0.1) is 35.0 Å². The molecule has 0 spiro atoms. The average Bonchev–Trinajstić information content (AvgIpc) is 3.07. The molecule has 6 aliphatic carbocycles. The monoisotopic (exact) mass is 716 g/mol. The van der Waals surface area contributed by atoms with Gasteiger partial charge in [-0.3, -0.25) is 0 Å². The standard InChI is InChI=1S/C25H35I3/c1-22(26)9-5-4-6-17(15-22)19-12-18-13-20(19)24(3,28)21(18)25-10-7-16(8-11-25)14-23(25,2)27/h7,10,12,16-18,20-21H,4-6,8-9,11,13-15H2,1-3H3. The molecule has 9 unspecified atom stereocenters. The minimum Gasteiger partial charge on any atom is -0.0848 e. The lowest BCUT2D eigenvalue weighted by molar-refractivity contribution is 0.0592. The van der Waals surface area contributed by atoms with Gasteiger partial charge in [-0.1, -0.05) is 111 Å². The molecule has 3 saturated carbocycles. The first-order valence-corrected chi connectivity index (χ1v) is 14.8. The molecule has 0 heterocycles. The highest BCUT2D eigenvalue weighted by Crippen LogP contribution is 2.72. The summed E-state index contributed by atoms with van der Waals surface area (Å²) in [5.41, 5.74) is 2.31. The number of allylic oxidation sites excluding steroid dienone is 4. The van der Waals surface area contributed by atoms with E-state index in [1.165, 1.54) is 57.8 Å². The summed E-state index contributed by atoms with van der Waals surface area (Å²) in [6.45, 7) is 7.74. The van der Waals surface area contributed by atoms with Crippen molar-refractivity contribution < 1.29 is 0 Å². The minimum absolute atomic E-state index is 0.418. The van der Waals surface area contributed by atoms with Gasteiger partial charge in [0.15, 0.2) is 0 Å². The average molecular weight is 716 g/mol. The summed E-state index contributed by atoms with van der Waals surface area (Å²) < 4.78 is 1.36. The van der Waals surface area contributed by atoms with Crippen molar-refractivity contribution in [2.24, 2.45) is 35.0 Å². The Morgan fingerprint density at radius 2 is 1.75 bits per heavy atom. The number of hydrogen-bond donors (Lipinski definition) is 0. The van der Waals surface area contributed by atoms with Gasteiger partial charge in [-0.15, -0.1) is 0 Å². The second kappa shape index (κ2) is 7.08. The van der Waals surface area contributed by atoms with Crippen molar-refractivity contribution in [1.82, 2.24) is 0 Å². The molecule has 28 heavy (non-hydrogen) atoms. The molecular weight excluding hydrogens is 681 g/mol. The molecule has 0 aromatic carbocycles. The molecule has 0 N–H and O–H groups in total. The quantitative estimate of drug-likeness (QED) is 0.116.